The van der Waals surface area contributed by atoms with Gasteiger partial charge in [-0.1, -0.05) is 0 Å². The van der Waals surface area contributed by atoms with Crippen molar-refractivity contribution in [3.63, 3.8) is 0 Å². The molecule has 0 aliphatic rings. The zero-order valence-corrected chi connectivity index (χ0v) is 2.75. The molecular formula is C2H3F4. The van der Waals surface area contributed by atoms with Gasteiger partial charge >= 0.3 is 6.18 Å². The molecule has 0 saturated heterocycles. The third kappa shape index (κ3) is 351. The van der Waals surface area contributed by atoms with E-state index in [1.54, 1.807) is 6.92 Å². The van der Waals surface area contributed by atoms with Crippen LogP contribution in [0, 0.1) is 6.92 Å². The van der Waals surface area contributed by atoms with Gasteiger partial charge in [0.2, 0.25) is 0 Å². The predicted molar refractivity (Wildman–Crippen MR) is 13.9 cm³/mol. The zero-order valence-electron chi connectivity index (χ0n) is 2.75. The lowest BCUT2D eigenvalue weighted by atomic mass is 10.8. The van der Waals surface area contributed by atoms with Crippen LogP contribution in [0.2, 0.25) is 0 Å². The number of rotatable bonds is 0. The maximum atomic E-state index is 10.2. The molecule has 1 radical (unpaired) electrons. The molecule has 0 heterocycles. The van der Waals surface area contributed by atoms with Crippen LogP contribution in [0.25, 0.3) is 0 Å². The number of halogens is 4. The van der Waals surface area contributed by atoms with Gasteiger partial charge in [-0.2, -0.15) is 13.2 Å². The van der Waals surface area contributed by atoms with E-state index in [0.717, 1.165) is 0 Å². The summed E-state index contributed by atoms with van der Waals surface area (Å²) in [5.74, 6) is 0. The van der Waals surface area contributed by atoms with Crippen LogP contribution < -0.4 is 0 Å². The van der Waals surface area contributed by atoms with Gasteiger partial charge in [0.1, 0.15) is 0 Å². The highest BCUT2D eigenvalue weighted by Crippen LogP contribution is 2.09. The fraction of sp³-hybridized carbons (Fsp3) is 0.500. The van der Waals surface area contributed by atoms with Crippen molar-refractivity contribution in [3.05, 3.63) is 6.92 Å². The van der Waals surface area contributed by atoms with Crippen LogP contribution in [0.3, 0.4) is 0 Å². The Labute approximate surface area is 32.3 Å². The molecule has 0 bridgehead atoms. The zero-order chi connectivity index (χ0) is 4.50. The molecule has 0 aromatic heterocycles. The largest absolute Gasteiger partial charge is 0.389 e. The fourth-order valence-corrected chi connectivity index (χ4v) is 0. The summed E-state index contributed by atoms with van der Waals surface area (Å²) in [5, 5.41) is 0. The van der Waals surface area contributed by atoms with E-state index < -0.39 is 6.18 Å². The molecular weight excluding hydrogens is 100 g/mol. The van der Waals surface area contributed by atoms with Gasteiger partial charge in [0.25, 0.3) is 0 Å². The summed E-state index contributed by atoms with van der Waals surface area (Å²) < 4.78 is 30.7. The molecule has 0 nitrogen and oxygen atoms in total. The number of alkyl halides is 3. The Morgan fingerprint density at radius 1 is 1.17 bits per heavy atom. The van der Waals surface area contributed by atoms with Crippen molar-refractivity contribution in [2.24, 2.45) is 0 Å². The molecule has 0 aliphatic heterocycles. The minimum Gasteiger partial charge on any atom is -0.269 e. The predicted octanol–water partition coefficient (Wildman–Crippen LogP) is 1.54. The van der Waals surface area contributed by atoms with E-state index in [-0.39, 0.29) is 4.70 Å². The maximum Gasteiger partial charge on any atom is 0.389 e. The summed E-state index contributed by atoms with van der Waals surface area (Å²) in [7, 11) is 0. The van der Waals surface area contributed by atoms with Gasteiger partial charge in [0, 0.05) is 0 Å². The second-order valence-corrected chi connectivity index (χ2v) is 0.615. The van der Waals surface area contributed by atoms with E-state index >= 15 is 0 Å². The van der Waals surface area contributed by atoms with Crippen LogP contribution in [-0.4, -0.2) is 6.18 Å². The first kappa shape index (κ1) is 9.21. The monoisotopic (exact) mass is 103 g/mol. The molecule has 0 saturated carbocycles. The van der Waals surface area contributed by atoms with Gasteiger partial charge in [0.05, 0.1) is 6.92 Å². The molecule has 0 spiro atoms. The van der Waals surface area contributed by atoms with Gasteiger partial charge < -0.3 is 0 Å². The van der Waals surface area contributed by atoms with Crippen molar-refractivity contribution in [1.29, 1.82) is 0 Å². The second kappa shape index (κ2) is 2.00. The summed E-state index contributed by atoms with van der Waals surface area (Å²) in [6, 6.07) is 0. The van der Waals surface area contributed by atoms with E-state index in [1.807, 2.05) is 0 Å². The molecule has 0 unspecified atom stereocenters. The van der Waals surface area contributed by atoms with Crippen molar-refractivity contribution >= 4 is 0 Å². The average molecular weight is 103 g/mol. The maximum absolute atomic E-state index is 10.2. The lowest BCUT2D eigenvalue weighted by molar-refractivity contribution is -0.0829. The molecule has 0 aliphatic carbocycles. The molecule has 0 N–H and O–H groups in total. The first-order valence-electron chi connectivity index (χ1n) is 0.921. The minimum atomic E-state index is -4.25. The Morgan fingerprint density at radius 3 is 1.17 bits per heavy atom. The topological polar surface area (TPSA) is 0 Å². The van der Waals surface area contributed by atoms with Crippen molar-refractivity contribution in [1.82, 2.24) is 0 Å². The lowest BCUT2D eigenvalue weighted by Crippen LogP contribution is -1.96. The van der Waals surface area contributed by atoms with Crippen LogP contribution >= 0.6 is 0 Å². The first-order chi connectivity index (χ1) is 2.00. The lowest BCUT2D eigenvalue weighted by Gasteiger charge is -1.88. The van der Waals surface area contributed by atoms with Crippen LogP contribution in [0.5, 0.6) is 0 Å². The average Bonchev–Trinajstić information content (AvgIpc) is 0.722. The summed E-state index contributed by atoms with van der Waals surface area (Å²) in [5.41, 5.74) is 0. The highest BCUT2D eigenvalue weighted by atomic mass is 19.4. The van der Waals surface area contributed by atoms with E-state index in [2.05, 4.69) is 0 Å². The molecule has 39 valence electrons. The third-order valence-corrected chi connectivity index (χ3v) is 0. The van der Waals surface area contributed by atoms with Crippen LogP contribution in [0.1, 0.15) is 0 Å². The highest BCUT2D eigenvalue weighted by Gasteiger charge is 2.16. The smallest absolute Gasteiger partial charge is 0.269 e. The molecule has 0 aromatic carbocycles. The van der Waals surface area contributed by atoms with Crippen LogP contribution in [0.15, 0.2) is 0 Å². The first-order valence-corrected chi connectivity index (χ1v) is 0.921. The van der Waals surface area contributed by atoms with Crippen molar-refractivity contribution in [2.45, 2.75) is 6.18 Å². The van der Waals surface area contributed by atoms with E-state index in [4.69, 9.17) is 0 Å². The molecule has 0 aromatic rings. The Hall–Kier alpha value is -0.280. The van der Waals surface area contributed by atoms with Gasteiger partial charge in [-0.3, -0.25) is 4.70 Å². The number of hydrogen-bond acceptors (Lipinski definition) is 0. The van der Waals surface area contributed by atoms with Gasteiger partial charge in [0.15, 0.2) is 0 Å². The van der Waals surface area contributed by atoms with E-state index in [0.29, 0.717) is 0 Å². The van der Waals surface area contributed by atoms with Gasteiger partial charge in [-0.05, 0) is 0 Å². The standard InChI is InChI=1S/C2H2F3.FH/c1-2(3,4)5;/h1H2;1H. The molecule has 6 heavy (non-hydrogen) atoms. The molecule has 0 rings (SSSR count). The van der Waals surface area contributed by atoms with Crippen molar-refractivity contribution in [2.75, 3.05) is 0 Å². The molecule has 0 amide bonds. The summed E-state index contributed by atoms with van der Waals surface area (Å²) >= 11 is 0. The Bertz CT molecular complexity index is 21.0. The van der Waals surface area contributed by atoms with Gasteiger partial charge in [-0.25, -0.2) is 0 Å². The third-order valence-electron chi connectivity index (χ3n) is 0. The van der Waals surface area contributed by atoms with Crippen molar-refractivity contribution < 1.29 is 17.9 Å². The quantitative estimate of drug-likeness (QED) is 0.408. The second-order valence-electron chi connectivity index (χ2n) is 0.615. The van der Waals surface area contributed by atoms with Crippen LogP contribution in [0.4, 0.5) is 17.9 Å². The van der Waals surface area contributed by atoms with Crippen molar-refractivity contribution in [3.8, 4) is 0 Å². The SMILES string of the molecule is F.[CH2]C(F)(F)F. The summed E-state index contributed by atoms with van der Waals surface area (Å²) in [4.78, 5) is 0. The summed E-state index contributed by atoms with van der Waals surface area (Å²) in [6.45, 7) is 1.77. The number of hydrogen-bond donors (Lipinski definition) is 0. The Kier molecular flexibility index (Phi) is 3.06. The van der Waals surface area contributed by atoms with Gasteiger partial charge in [-0.15, -0.1) is 0 Å². The minimum absolute atomic E-state index is 0. The Morgan fingerprint density at radius 2 is 1.17 bits per heavy atom. The normalized spacial score (nSPS) is 10.0. The highest BCUT2D eigenvalue weighted by molar-refractivity contribution is 4.45. The molecule has 0 fully saturated rings. The molecule has 0 atom stereocenters. The van der Waals surface area contributed by atoms with Crippen LogP contribution in [-0.2, 0) is 0 Å². The van der Waals surface area contributed by atoms with E-state index in [9.17, 15) is 13.2 Å². The fourth-order valence-electron chi connectivity index (χ4n) is 0. The molecule has 4 heteroatoms. The Balaban J connectivity index is 0. The summed E-state index contributed by atoms with van der Waals surface area (Å²) in [6.07, 6.45) is -4.25. The van der Waals surface area contributed by atoms with E-state index in [1.165, 1.54) is 0 Å².